The number of carbonyl (C=O) groups excluding carboxylic acids is 2. The maximum Gasteiger partial charge on any atom is 0.262 e. The molecule has 1 atom stereocenters. The predicted octanol–water partition coefficient (Wildman–Crippen LogP) is 2.23. The first-order valence-corrected chi connectivity index (χ1v) is 7.74. The molecule has 1 unspecified atom stereocenters. The first-order chi connectivity index (χ1) is 10.2. The third-order valence-electron chi connectivity index (χ3n) is 3.00. The molecule has 0 aliphatic heterocycles. The highest BCUT2D eigenvalue weighted by atomic mass is 32.1. The third-order valence-corrected chi connectivity index (χ3v) is 3.87. The topological polar surface area (TPSA) is 58.2 Å². The number of hydrogen-bond donors (Lipinski definition) is 2. The predicted molar refractivity (Wildman–Crippen MR) is 84.4 cm³/mol. The van der Waals surface area contributed by atoms with Gasteiger partial charge in [0.05, 0.1) is 4.88 Å². The fraction of sp³-hybridized carbons (Fsp3) is 0.250. The van der Waals surface area contributed by atoms with E-state index >= 15 is 0 Å². The molecule has 2 amide bonds. The summed E-state index contributed by atoms with van der Waals surface area (Å²) >= 11 is 1.36. The molecule has 2 N–H and O–H groups in total. The zero-order chi connectivity index (χ0) is 15.1. The van der Waals surface area contributed by atoms with Gasteiger partial charge >= 0.3 is 0 Å². The third kappa shape index (κ3) is 4.43. The molecule has 0 spiro atoms. The van der Waals surface area contributed by atoms with Gasteiger partial charge in [0, 0.05) is 13.0 Å². The minimum absolute atomic E-state index is 0.161. The van der Waals surface area contributed by atoms with Crippen molar-refractivity contribution in [2.24, 2.45) is 0 Å². The fourth-order valence-electron chi connectivity index (χ4n) is 1.99. The van der Waals surface area contributed by atoms with Gasteiger partial charge in [-0.2, -0.15) is 0 Å². The molecule has 5 heteroatoms. The van der Waals surface area contributed by atoms with Crippen LogP contribution in [0.25, 0.3) is 0 Å². The van der Waals surface area contributed by atoms with Crippen molar-refractivity contribution in [3.8, 4) is 0 Å². The van der Waals surface area contributed by atoms with Gasteiger partial charge in [-0.25, -0.2) is 0 Å². The summed E-state index contributed by atoms with van der Waals surface area (Å²) in [5.74, 6) is -0.372. The largest absolute Gasteiger partial charge is 0.355 e. The van der Waals surface area contributed by atoms with Crippen molar-refractivity contribution in [3.63, 3.8) is 0 Å². The van der Waals surface area contributed by atoms with Crippen LogP contribution in [-0.2, 0) is 11.2 Å². The molecule has 21 heavy (non-hydrogen) atoms. The lowest BCUT2D eigenvalue weighted by atomic mass is 10.1. The summed E-state index contributed by atoms with van der Waals surface area (Å²) in [4.78, 5) is 24.9. The Labute approximate surface area is 128 Å². The minimum atomic E-state index is -0.568. The highest BCUT2D eigenvalue weighted by molar-refractivity contribution is 7.12. The van der Waals surface area contributed by atoms with Crippen LogP contribution in [0.2, 0.25) is 0 Å². The normalized spacial score (nSPS) is 11.7. The Morgan fingerprint density at radius 3 is 2.52 bits per heavy atom. The molecule has 0 aliphatic carbocycles. The lowest BCUT2D eigenvalue weighted by Gasteiger charge is -2.17. The first kappa shape index (κ1) is 15.3. The lowest BCUT2D eigenvalue weighted by molar-refractivity contribution is -0.122. The van der Waals surface area contributed by atoms with Crippen LogP contribution >= 0.6 is 11.3 Å². The Morgan fingerprint density at radius 2 is 1.90 bits per heavy atom. The van der Waals surface area contributed by atoms with Crippen LogP contribution in [0.4, 0.5) is 0 Å². The van der Waals surface area contributed by atoms with Crippen molar-refractivity contribution < 1.29 is 9.59 Å². The number of thiophene rings is 1. The highest BCUT2D eigenvalue weighted by Crippen LogP contribution is 2.10. The second kappa shape index (κ2) is 7.59. The number of rotatable bonds is 6. The molecular weight excluding hydrogens is 284 g/mol. The average Bonchev–Trinajstić information content (AvgIpc) is 3.02. The van der Waals surface area contributed by atoms with Crippen LogP contribution in [0.15, 0.2) is 47.8 Å². The molecule has 1 aromatic carbocycles. The van der Waals surface area contributed by atoms with Gasteiger partial charge in [0.2, 0.25) is 5.91 Å². The van der Waals surface area contributed by atoms with Crippen LogP contribution in [0.5, 0.6) is 0 Å². The van der Waals surface area contributed by atoms with Gasteiger partial charge in [0.25, 0.3) is 5.91 Å². The summed E-state index contributed by atoms with van der Waals surface area (Å²) in [5, 5.41) is 7.42. The average molecular weight is 302 g/mol. The summed E-state index contributed by atoms with van der Waals surface area (Å²) in [7, 11) is 0. The number of benzene rings is 1. The quantitative estimate of drug-likeness (QED) is 0.859. The zero-order valence-corrected chi connectivity index (χ0v) is 12.7. The molecule has 4 nitrogen and oxygen atoms in total. The Kier molecular flexibility index (Phi) is 5.51. The van der Waals surface area contributed by atoms with E-state index in [0.29, 0.717) is 17.8 Å². The molecule has 0 fully saturated rings. The van der Waals surface area contributed by atoms with Crippen LogP contribution in [0, 0.1) is 0 Å². The van der Waals surface area contributed by atoms with E-state index in [1.54, 1.807) is 6.07 Å². The summed E-state index contributed by atoms with van der Waals surface area (Å²) in [6.45, 7) is 2.40. The van der Waals surface area contributed by atoms with Crippen LogP contribution < -0.4 is 10.6 Å². The molecular formula is C16H18N2O2S. The molecule has 2 aromatic rings. The van der Waals surface area contributed by atoms with E-state index in [9.17, 15) is 9.59 Å². The van der Waals surface area contributed by atoms with E-state index in [1.165, 1.54) is 11.3 Å². The number of likely N-dealkylation sites (N-methyl/N-ethyl adjacent to an activating group) is 1. The van der Waals surface area contributed by atoms with Crippen molar-refractivity contribution in [1.82, 2.24) is 10.6 Å². The van der Waals surface area contributed by atoms with Gasteiger partial charge in [-0.3, -0.25) is 9.59 Å². The van der Waals surface area contributed by atoms with Crippen molar-refractivity contribution in [1.29, 1.82) is 0 Å². The van der Waals surface area contributed by atoms with Crippen molar-refractivity contribution in [2.75, 3.05) is 6.54 Å². The first-order valence-electron chi connectivity index (χ1n) is 6.86. The van der Waals surface area contributed by atoms with Gasteiger partial charge in [-0.15, -0.1) is 11.3 Å². The van der Waals surface area contributed by atoms with E-state index in [1.807, 2.05) is 48.7 Å². The number of nitrogens with one attached hydrogen (secondary N) is 2. The van der Waals surface area contributed by atoms with Crippen LogP contribution in [0.3, 0.4) is 0 Å². The Bertz CT molecular complexity index is 582. The van der Waals surface area contributed by atoms with E-state index < -0.39 is 6.04 Å². The van der Waals surface area contributed by atoms with Crippen LogP contribution in [0.1, 0.15) is 22.2 Å². The maximum absolute atomic E-state index is 12.1. The number of hydrogen-bond acceptors (Lipinski definition) is 3. The van der Waals surface area contributed by atoms with Gasteiger partial charge in [-0.1, -0.05) is 36.4 Å². The van der Waals surface area contributed by atoms with Crippen molar-refractivity contribution in [3.05, 3.63) is 58.3 Å². The molecule has 0 saturated carbocycles. The second-order valence-corrected chi connectivity index (χ2v) is 5.54. The van der Waals surface area contributed by atoms with Gasteiger partial charge in [-0.05, 0) is 23.9 Å². The Morgan fingerprint density at radius 1 is 1.14 bits per heavy atom. The van der Waals surface area contributed by atoms with E-state index in [4.69, 9.17) is 0 Å². The molecule has 0 saturated heterocycles. The van der Waals surface area contributed by atoms with Gasteiger partial charge in [0.1, 0.15) is 6.04 Å². The standard InChI is InChI=1S/C16H18N2O2S/c1-2-17-15(19)13(11-12-7-4-3-5-8-12)18-16(20)14-9-6-10-21-14/h3-10,13H,2,11H2,1H3,(H,17,19)(H,18,20). The smallest absolute Gasteiger partial charge is 0.262 e. The number of amides is 2. The molecule has 1 heterocycles. The zero-order valence-electron chi connectivity index (χ0n) is 11.8. The maximum atomic E-state index is 12.1. The van der Waals surface area contributed by atoms with Gasteiger partial charge < -0.3 is 10.6 Å². The Balaban J connectivity index is 2.08. The fourth-order valence-corrected chi connectivity index (χ4v) is 2.62. The molecule has 0 radical (unpaired) electrons. The van der Waals surface area contributed by atoms with Gasteiger partial charge in [0.15, 0.2) is 0 Å². The summed E-state index contributed by atoms with van der Waals surface area (Å²) < 4.78 is 0. The minimum Gasteiger partial charge on any atom is -0.355 e. The summed E-state index contributed by atoms with van der Waals surface area (Å²) in [5.41, 5.74) is 1.01. The molecule has 0 aliphatic rings. The summed E-state index contributed by atoms with van der Waals surface area (Å²) in [6, 6.07) is 12.7. The van der Waals surface area contributed by atoms with Crippen LogP contribution in [-0.4, -0.2) is 24.4 Å². The van der Waals surface area contributed by atoms with Crippen molar-refractivity contribution >= 4 is 23.2 Å². The molecule has 1 aromatic heterocycles. The van der Waals surface area contributed by atoms with E-state index in [0.717, 1.165) is 5.56 Å². The Hall–Kier alpha value is -2.14. The molecule has 2 rings (SSSR count). The van der Waals surface area contributed by atoms with E-state index in [2.05, 4.69) is 10.6 Å². The SMILES string of the molecule is CCNC(=O)C(Cc1ccccc1)NC(=O)c1cccs1. The number of carbonyl (C=O) groups is 2. The monoisotopic (exact) mass is 302 g/mol. The highest BCUT2D eigenvalue weighted by Gasteiger charge is 2.21. The lowest BCUT2D eigenvalue weighted by Crippen LogP contribution is -2.47. The second-order valence-electron chi connectivity index (χ2n) is 4.59. The van der Waals surface area contributed by atoms with Crippen molar-refractivity contribution in [2.45, 2.75) is 19.4 Å². The molecule has 110 valence electrons. The molecule has 0 bridgehead atoms. The summed E-state index contributed by atoms with van der Waals surface area (Å²) in [6.07, 6.45) is 0.476. The van der Waals surface area contributed by atoms with E-state index in [-0.39, 0.29) is 11.8 Å².